The molecule has 0 amide bonds. The highest BCUT2D eigenvalue weighted by molar-refractivity contribution is 6.49. The largest absolute Gasteiger partial charge is 0.469 e. The fourth-order valence-corrected chi connectivity index (χ4v) is 2.62. The van der Waals surface area contributed by atoms with E-state index in [1.165, 1.54) is 19.3 Å². The normalized spacial score (nSPS) is 24.4. The van der Waals surface area contributed by atoms with Crippen LogP contribution in [-0.2, 0) is 23.9 Å². The van der Waals surface area contributed by atoms with E-state index in [1.807, 2.05) is 0 Å². The number of carbonyl (C=O) groups is 3. The second-order valence-electron chi connectivity index (χ2n) is 5.10. The lowest BCUT2D eigenvalue weighted by atomic mass is 9.80. The SMILES string of the molecule is CC(=O)OC1(C)C(=O)C2=COC(CCCO)=CC2=C(Cl)C1=O. The van der Waals surface area contributed by atoms with Gasteiger partial charge in [0.15, 0.2) is 0 Å². The van der Waals surface area contributed by atoms with Crippen molar-refractivity contribution in [2.45, 2.75) is 32.3 Å². The number of hydrogen-bond acceptors (Lipinski definition) is 6. The summed E-state index contributed by atoms with van der Waals surface area (Å²) in [5.41, 5.74) is -1.64. The molecule has 1 atom stereocenters. The molecular weight excluding hydrogens is 312 g/mol. The Balaban J connectivity index is 2.44. The van der Waals surface area contributed by atoms with Crippen LogP contribution in [0, 0.1) is 0 Å². The van der Waals surface area contributed by atoms with Crippen molar-refractivity contribution in [3.8, 4) is 0 Å². The number of fused-ring (bicyclic) bond motifs is 1. The van der Waals surface area contributed by atoms with Gasteiger partial charge in [0.1, 0.15) is 12.0 Å². The van der Waals surface area contributed by atoms with Crippen LogP contribution in [0.1, 0.15) is 26.7 Å². The number of hydrogen-bond donors (Lipinski definition) is 1. The van der Waals surface area contributed by atoms with Gasteiger partial charge in [-0.1, -0.05) is 11.6 Å². The van der Waals surface area contributed by atoms with E-state index in [0.717, 1.165) is 6.92 Å². The molecule has 1 aliphatic carbocycles. The van der Waals surface area contributed by atoms with Gasteiger partial charge in [0.2, 0.25) is 17.2 Å². The predicted octanol–water partition coefficient (Wildman–Crippen LogP) is 1.52. The monoisotopic (exact) mass is 326 g/mol. The molecule has 2 rings (SSSR count). The van der Waals surface area contributed by atoms with Crippen LogP contribution in [0.25, 0.3) is 0 Å². The van der Waals surface area contributed by atoms with Crippen molar-refractivity contribution in [3.05, 3.63) is 34.3 Å². The van der Waals surface area contributed by atoms with Gasteiger partial charge in [0.05, 0.1) is 10.6 Å². The van der Waals surface area contributed by atoms with Gasteiger partial charge >= 0.3 is 5.97 Å². The first-order chi connectivity index (χ1) is 10.3. The van der Waals surface area contributed by atoms with Crippen LogP contribution in [-0.4, -0.2) is 34.9 Å². The van der Waals surface area contributed by atoms with Crippen LogP contribution in [0.3, 0.4) is 0 Å². The zero-order chi connectivity index (χ0) is 16.5. The van der Waals surface area contributed by atoms with Crippen molar-refractivity contribution in [1.29, 1.82) is 0 Å². The molecule has 0 spiro atoms. The van der Waals surface area contributed by atoms with Gasteiger partial charge in [-0.15, -0.1) is 0 Å². The van der Waals surface area contributed by atoms with Gasteiger partial charge in [0.25, 0.3) is 0 Å². The molecule has 118 valence electrons. The molecule has 1 unspecified atom stereocenters. The van der Waals surface area contributed by atoms with Crippen LogP contribution in [0.5, 0.6) is 0 Å². The number of Topliss-reactive ketones (excluding diaryl/α,β-unsaturated/α-hetero) is 2. The average Bonchev–Trinajstić information content (AvgIpc) is 2.48. The first-order valence-corrected chi connectivity index (χ1v) is 7.06. The molecule has 7 heteroatoms. The molecule has 1 aliphatic heterocycles. The molecular formula is C15H15ClO6. The van der Waals surface area contributed by atoms with Crippen molar-refractivity contribution in [2.75, 3.05) is 6.61 Å². The van der Waals surface area contributed by atoms with Crippen LogP contribution < -0.4 is 0 Å². The third-order valence-corrected chi connectivity index (χ3v) is 3.78. The summed E-state index contributed by atoms with van der Waals surface area (Å²) in [7, 11) is 0. The molecule has 0 bridgehead atoms. The summed E-state index contributed by atoms with van der Waals surface area (Å²) < 4.78 is 10.2. The van der Waals surface area contributed by atoms with Crippen molar-refractivity contribution in [1.82, 2.24) is 0 Å². The van der Waals surface area contributed by atoms with Gasteiger partial charge in [-0.2, -0.15) is 0 Å². The summed E-state index contributed by atoms with van der Waals surface area (Å²) in [4.78, 5) is 36.0. The molecule has 2 aliphatic rings. The fourth-order valence-electron chi connectivity index (χ4n) is 2.28. The van der Waals surface area contributed by atoms with E-state index in [1.54, 1.807) is 0 Å². The minimum absolute atomic E-state index is 0.00750. The molecule has 1 heterocycles. The molecule has 0 saturated carbocycles. The van der Waals surface area contributed by atoms with E-state index in [-0.39, 0.29) is 22.8 Å². The Hall–Kier alpha value is -1.92. The highest BCUT2D eigenvalue weighted by Crippen LogP contribution is 2.38. The summed E-state index contributed by atoms with van der Waals surface area (Å²) in [6.45, 7) is 2.31. The van der Waals surface area contributed by atoms with Crippen LogP contribution in [0.15, 0.2) is 34.3 Å². The number of allylic oxidation sites excluding steroid dienone is 3. The van der Waals surface area contributed by atoms with E-state index in [2.05, 4.69) is 0 Å². The fraction of sp³-hybridized carbons (Fsp3) is 0.400. The number of halogens is 1. The standard InChI is InChI=1S/C15H15ClO6/c1-8(18)22-15(2)13(19)11-7-21-9(4-3-5-17)6-10(11)12(16)14(15)20/h6-7,17H,3-5H2,1-2H3. The third-order valence-electron chi connectivity index (χ3n) is 3.40. The Morgan fingerprint density at radius 1 is 1.41 bits per heavy atom. The van der Waals surface area contributed by atoms with Gasteiger partial charge in [-0.25, -0.2) is 0 Å². The van der Waals surface area contributed by atoms with Crippen molar-refractivity contribution in [2.24, 2.45) is 0 Å². The van der Waals surface area contributed by atoms with Crippen molar-refractivity contribution >= 4 is 29.1 Å². The number of ketones is 2. The number of esters is 1. The van der Waals surface area contributed by atoms with E-state index in [9.17, 15) is 14.4 Å². The number of aliphatic hydroxyl groups is 1. The molecule has 0 aromatic carbocycles. The molecule has 0 aromatic rings. The van der Waals surface area contributed by atoms with E-state index >= 15 is 0 Å². The molecule has 1 N–H and O–H groups in total. The van der Waals surface area contributed by atoms with Gasteiger partial charge < -0.3 is 14.6 Å². The summed E-state index contributed by atoms with van der Waals surface area (Å²) >= 11 is 6.07. The molecule has 0 saturated heterocycles. The lowest BCUT2D eigenvalue weighted by molar-refractivity contribution is -0.167. The Morgan fingerprint density at radius 3 is 2.68 bits per heavy atom. The van der Waals surface area contributed by atoms with E-state index in [4.69, 9.17) is 26.2 Å². The number of carbonyl (C=O) groups excluding carboxylic acids is 3. The van der Waals surface area contributed by atoms with Gasteiger partial charge in [0, 0.05) is 25.5 Å². The Labute approximate surface area is 132 Å². The van der Waals surface area contributed by atoms with Gasteiger partial charge in [-0.05, 0) is 19.4 Å². The average molecular weight is 327 g/mol. The van der Waals surface area contributed by atoms with E-state index < -0.39 is 23.1 Å². The lowest BCUT2D eigenvalue weighted by Gasteiger charge is -2.32. The first kappa shape index (κ1) is 16.5. The summed E-state index contributed by atoms with van der Waals surface area (Å²) in [6, 6.07) is 0. The maximum absolute atomic E-state index is 12.5. The Bertz CT molecular complexity index is 642. The topological polar surface area (TPSA) is 89.9 Å². The highest BCUT2D eigenvalue weighted by Gasteiger charge is 2.52. The van der Waals surface area contributed by atoms with Crippen molar-refractivity contribution < 1.29 is 29.0 Å². The predicted molar refractivity (Wildman–Crippen MR) is 76.6 cm³/mol. The second-order valence-corrected chi connectivity index (χ2v) is 5.48. The number of rotatable bonds is 4. The summed E-state index contributed by atoms with van der Waals surface area (Å²) in [6.07, 6.45) is 3.61. The Morgan fingerprint density at radius 2 is 2.09 bits per heavy atom. The highest BCUT2D eigenvalue weighted by atomic mass is 35.5. The van der Waals surface area contributed by atoms with Crippen molar-refractivity contribution in [3.63, 3.8) is 0 Å². The maximum atomic E-state index is 12.5. The zero-order valence-corrected chi connectivity index (χ0v) is 12.9. The van der Waals surface area contributed by atoms with Crippen LogP contribution >= 0.6 is 11.6 Å². The number of ether oxygens (including phenoxy) is 2. The molecule has 0 fully saturated rings. The zero-order valence-electron chi connectivity index (χ0n) is 12.1. The lowest BCUT2D eigenvalue weighted by Crippen LogP contribution is -2.51. The summed E-state index contributed by atoms with van der Waals surface area (Å²) in [5, 5.41) is 8.64. The minimum atomic E-state index is -1.97. The number of aliphatic hydroxyl groups excluding tert-OH is 1. The molecule has 0 radical (unpaired) electrons. The smallest absolute Gasteiger partial charge is 0.304 e. The van der Waals surface area contributed by atoms with Gasteiger partial charge in [-0.3, -0.25) is 14.4 Å². The second kappa shape index (κ2) is 6.06. The third kappa shape index (κ3) is 2.71. The quantitative estimate of drug-likeness (QED) is 0.622. The van der Waals surface area contributed by atoms with Crippen LogP contribution in [0.4, 0.5) is 0 Å². The molecule has 22 heavy (non-hydrogen) atoms. The van der Waals surface area contributed by atoms with E-state index in [0.29, 0.717) is 18.6 Å². The summed E-state index contributed by atoms with van der Waals surface area (Å²) in [5.74, 6) is -1.71. The first-order valence-electron chi connectivity index (χ1n) is 6.69. The van der Waals surface area contributed by atoms with Crippen LogP contribution in [0.2, 0.25) is 0 Å². The molecule has 6 nitrogen and oxygen atoms in total. The maximum Gasteiger partial charge on any atom is 0.304 e. The Kier molecular flexibility index (Phi) is 4.53. The minimum Gasteiger partial charge on any atom is -0.469 e. The molecule has 0 aromatic heterocycles.